The van der Waals surface area contributed by atoms with E-state index < -0.39 is 0 Å². The Morgan fingerprint density at radius 1 is 0.641 bits per heavy atom. The van der Waals surface area contributed by atoms with E-state index in [1.165, 1.54) is 33.4 Å². The van der Waals surface area contributed by atoms with Crippen molar-refractivity contribution < 1.29 is 26.3 Å². The Morgan fingerprint density at radius 2 is 1.08 bits per heavy atom. The van der Waals surface area contributed by atoms with E-state index in [4.69, 9.17) is 0 Å². The van der Waals surface area contributed by atoms with Crippen LogP contribution in [0.25, 0.3) is 0 Å². The second kappa shape index (κ2) is 14.8. The highest BCUT2D eigenvalue weighted by Gasteiger charge is 2.24. The van der Waals surface area contributed by atoms with E-state index in [0.717, 1.165) is 66.7 Å². The summed E-state index contributed by atoms with van der Waals surface area (Å²) in [4.78, 5) is 15.8. The fraction of sp³-hybridized carbons (Fsp3) is 0.457. The number of amides is 1. The molecule has 0 spiro atoms. The maximum absolute atomic E-state index is 13.8. The molecule has 1 amide bonds. The molecule has 3 aromatic rings. The van der Waals surface area contributed by atoms with Crippen LogP contribution in [0.5, 0.6) is 0 Å². The Morgan fingerprint density at radius 3 is 1.54 bits per heavy atom. The van der Waals surface area contributed by atoms with Crippen LogP contribution in [-0.4, -0.2) is 41.5 Å². The van der Waals surface area contributed by atoms with E-state index >= 15 is 0 Å². The monoisotopic (exact) mass is 592 g/mol. The van der Waals surface area contributed by atoms with E-state index in [2.05, 4.69) is 103 Å². The third-order valence-corrected chi connectivity index (χ3v) is 7.86. The highest BCUT2D eigenvalue weighted by Crippen LogP contribution is 2.20. The topological polar surface area (TPSA) is 20.3 Å². The smallest absolute Gasteiger partial charge is 0.254 e. The molecule has 39 heavy (non-hydrogen) atoms. The summed E-state index contributed by atoms with van der Waals surface area (Å²) in [6.45, 7) is 23.3. The first-order valence-corrected chi connectivity index (χ1v) is 14.4. The molecule has 0 aliphatic heterocycles. The van der Waals surface area contributed by atoms with Gasteiger partial charge >= 0.3 is 0 Å². The Labute approximate surface area is 248 Å². The second-order valence-electron chi connectivity index (χ2n) is 11.7. The molecule has 0 fully saturated rings. The third kappa shape index (κ3) is 9.61. The van der Waals surface area contributed by atoms with Gasteiger partial charge in [0.05, 0.1) is 19.6 Å². The molecule has 0 bridgehead atoms. The lowest BCUT2D eigenvalue weighted by Crippen LogP contribution is -3.00. The SMILES string of the molecule is CC[N+](CC)(CCCCN(Cc1cc(C)cc(C)c1)C(=O)c1cc(C)cc(C)c1)Cc1cc(C)cc(C)c1.[Br-]. The summed E-state index contributed by atoms with van der Waals surface area (Å²) < 4.78 is 1.09. The van der Waals surface area contributed by atoms with Crippen molar-refractivity contribution in [1.82, 2.24) is 4.90 Å². The fourth-order valence-corrected chi connectivity index (χ4v) is 6.05. The van der Waals surface area contributed by atoms with Gasteiger partial charge in [0, 0.05) is 24.2 Å². The van der Waals surface area contributed by atoms with E-state index in [1.807, 2.05) is 12.1 Å². The van der Waals surface area contributed by atoms with Crippen LogP contribution in [-0.2, 0) is 13.1 Å². The normalized spacial score (nSPS) is 11.3. The number of hydrogen-bond acceptors (Lipinski definition) is 1. The number of aryl methyl sites for hydroxylation is 6. The zero-order valence-corrected chi connectivity index (χ0v) is 27.1. The number of unbranched alkanes of at least 4 members (excludes halogenated alkanes) is 1. The summed E-state index contributed by atoms with van der Waals surface area (Å²) in [5.74, 6) is 0.137. The van der Waals surface area contributed by atoms with Gasteiger partial charge in [0.2, 0.25) is 0 Å². The predicted octanol–water partition coefficient (Wildman–Crippen LogP) is 5.02. The van der Waals surface area contributed by atoms with Gasteiger partial charge in [0.1, 0.15) is 6.54 Å². The van der Waals surface area contributed by atoms with Gasteiger partial charge in [-0.15, -0.1) is 0 Å². The quantitative estimate of drug-likeness (QED) is 0.213. The number of hydrogen-bond donors (Lipinski definition) is 0. The summed E-state index contributed by atoms with van der Waals surface area (Å²) >= 11 is 0. The molecule has 0 unspecified atom stereocenters. The summed E-state index contributed by atoms with van der Waals surface area (Å²) in [6, 6.07) is 19.8. The minimum atomic E-state index is 0. The van der Waals surface area contributed by atoms with Crippen LogP contribution in [0.4, 0.5) is 0 Å². The first-order chi connectivity index (χ1) is 18.0. The van der Waals surface area contributed by atoms with Gasteiger partial charge in [0.15, 0.2) is 0 Å². The largest absolute Gasteiger partial charge is 1.00 e. The van der Waals surface area contributed by atoms with Gasteiger partial charge in [-0.3, -0.25) is 4.79 Å². The van der Waals surface area contributed by atoms with Crippen LogP contribution in [0.2, 0.25) is 0 Å². The number of carbonyl (C=O) groups is 1. The maximum Gasteiger partial charge on any atom is 0.254 e. The molecule has 0 radical (unpaired) electrons. The molecule has 3 aromatic carbocycles. The molecule has 0 aromatic heterocycles. The van der Waals surface area contributed by atoms with Gasteiger partial charge in [-0.2, -0.15) is 0 Å². The van der Waals surface area contributed by atoms with Crippen molar-refractivity contribution in [2.75, 3.05) is 26.2 Å². The van der Waals surface area contributed by atoms with Crippen molar-refractivity contribution in [3.8, 4) is 0 Å². The molecule has 3 rings (SSSR count). The number of halogens is 1. The third-order valence-electron chi connectivity index (χ3n) is 7.86. The summed E-state index contributed by atoms with van der Waals surface area (Å²) in [7, 11) is 0. The van der Waals surface area contributed by atoms with Crippen LogP contribution < -0.4 is 17.0 Å². The second-order valence-corrected chi connectivity index (χ2v) is 11.7. The van der Waals surface area contributed by atoms with Crippen LogP contribution >= 0.6 is 0 Å². The van der Waals surface area contributed by atoms with E-state index in [1.54, 1.807) is 0 Å². The number of nitrogens with zero attached hydrogens (tertiary/aromatic N) is 2. The standard InChI is InChI=1S/C35H49N2O.BrH/c1-9-37(10-2,25-33-20-28(5)16-29(6)21-33)14-12-11-13-36(24-32-18-26(3)15-27(4)19-32)35(38)34-22-30(7)17-31(8)23-34;/h15-23H,9-14,24-25H2,1-8H3;1H/q+1;/p-1. The van der Waals surface area contributed by atoms with Crippen LogP contribution in [0.1, 0.15) is 81.6 Å². The minimum absolute atomic E-state index is 0. The van der Waals surface area contributed by atoms with Gasteiger partial charge < -0.3 is 26.4 Å². The number of quaternary nitrogens is 1. The lowest BCUT2D eigenvalue weighted by molar-refractivity contribution is -0.938. The summed E-state index contributed by atoms with van der Waals surface area (Å²) in [6.07, 6.45) is 2.12. The van der Waals surface area contributed by atoms with Gasteiger partial charge in [0.25, 0.3) is 5.91 Å². The number of rotatable bonds is 12. The van der Waals surface area contributed by atoms with E-state index in [9.17, 15) is 4.79 Å². The van der Waals surface area contributed by atoms with Crippen molar-refractivity contribution >= 4 is 5.91 Å². The Bertz CT molecular complexity index is 1180. The van der Waals surface area contributed by atoms with Crippen LogP contribution in [0, 0.1) is 41.5 Å². The molecule has 0 aliphatic rings. The highest BCUT2D eigenvalue weighted by molar-refractivity contribution is 5.94. The van der Waals surface area contributed by atoms with Crippen molar-refractivity contribution in [2.24, 2.45) is 0 Å². The van der Waals surface area contributed by atoms with Crippen molar-refractivity contribution in [2.45, 2.75) is 81.3 Å². The molecular formula is C35H49BrN2O. The molecule has 3 nitrogen and oxygen atoms in total. The predicted molar refractivity (Wildman–Crippen MR) is 162 cm³/mol. The van der Waals surface area contributed by atoms with Crippen LogP contribution in [0.3, 0.4) is 0 Å². The van der Waals surface area contributed by atoms with Crippen molar-refractivity contribution in [1.29, 1.82) is 0 Å². The van der Waals surface area contributed by atoms with Crippen LogP contribution in [0.15, 0.2) is 54.6 Å². The molecule has 0 atom stereocenters. The minimum Gasteiger partial charge on any atom is -1.00 e. The molecule has 0 saturated heterocycles. The average molecular weight is 594 g/mol. The zero-order chi connectivity index (χ0) is 27.9. The van der Waals surface area contributed by atoms with Gasteiger partial charge in [-0.1, -0.05) is 75.8 Å². The molecule has 212 valence electrons. The summed E-state index contributed by atoms with van der Waals surface area (Å²) in [5.41, 5.74) is 10.9. The molecule has 0 saturated carbocycles. The molecular weight excluding hydrogens is 544 g/mol. The average Bonchev–Trinajstić information content (AvgIpc) is 2.83. The van der Waals surface area contributed by atoms with Crippen molar-refractivity contribution in [3.63, 3.8) is 0 Å². The zero-order valence-electron chi connectivity index (χ0n) is 25.5. The van der Waals surface area contributed by atoms with Gasteiger partial charge in [-0.25, -0.2) is 0 Å². The molecule has 0 aliphatic carbocycles. The first kappa shape index (κ1) is 32.8. The fourth-order valence-electron chi connectivity index (χ4n) is 6.05. The Kier molecular flexibility index (Phi) is 12.5. The number of carbonyl (C=O) groups excluding carboxylic acids is 1. The van der Waals surface area contributed by atoms with E-state index in [0.29, 0.717) is 6.54 Å². The molecule has 0 heterocycles. The van der Waals surface area contributed by atoms with E-state index in [-0.39, 0.29) is 22.9 Å². The first-order valence-electron chi connectivity index (χ1n) is 14.4. The Balaban J connectivity index is 0.00000533. The lowest BCUT2D eigenvalue weighted by atomic mass is 10.0. The maximum atomic E-state index is 13.8. The Hall–Kier alpha value is -2.43. The van der Waals surface area contributed by atoms with Gasteiger partial charge in [-0.05, 0) is 85.9 Å². The molecule has 0 N–H and O–H groups in total. The summed E-state index contributed by atoms with van der Waals surface area (Å²) in [5, 5.41) is 0. The molecule has 4 heteroatoms. The lowest BCUT2D eigenvalue weighted by Gasteiger charge is -2.37. The highest BCUT2D eigenvalue weighted by atomic mass is 79.9. The van der Waals surface area contributed by atoms with Crippen molar-refractivity contribution in [3.05, 3.63) is 105 Å². The number of benzene rings is 3.